The number of aliphatic hydroxyl groups excluding tert-OH is 1. The minimum Gasteiger partial charge on any atom is -0.396 e. The van der Waals surface area contributed by atoms with Crippen LogP contribution in [0.2, 0.25) is 0 Å². The molecule has 1 N–H and O–H groups in total. The Labute approximate surface area is 89.7 Å². The molecular formula is C12H28O2. The van der Waals surface area contributed by atoms with Crippen LogP contribution in [0.5, 0.6) is 0 Å². The summed E-state index contributed by atoms with van der Waals surface area (Å²) < 4.78 is 4.83. The number of hydrogen-bond donors (Lipinski definition) is 1. The molecule has 0 aromatic rings. The topological polar surface area (TPSA) is 29.5 Å². The molecule has 0 saturated heterocycles. The van der Waals surface area contributed by atoms with Crippen LogP contribution in [0, 0.1) is 5.92 Å². The van der Waals surface area contributed by atoms with Crippen molar-refractivity contribution >= 4 is 0 Å². The van der Waals surface area contributed by atoms with Crippen molar-refractivity contribution in [1.82, 2.24) is 0 Å². The molecular weight excluding hydrogens is 176 g/mol. The Morgan fingerprint density at radius 3 is 1.86 bits per heavy atom. The van der Waals surface area contributed by atoms with Crippen molar-refractivity contribution < 1.29 is 9.84 Å². The minimum atomic E-state index is 0.372. The molecule has 0 aliphatic heterocycles. The van der Waals surface area contributed by atoms with E-state index in [2.05, 4.69) is 13.8 Å². The number of aliphatic hydroxyl groups is 1. The van der Waals surface area contributed by atoms with Crippen LogP contribution in [0.1, 0.15) is 53.4 Å². The first-order valence-corrected chi connectivity index (χ1v) is 5.95. The van der Waals surface area contributed by atoms with E-state index in [0.717, 1.165) is 19.6 Å². The molecule has 0 fully saturated rings. The van der Waals surface area contributed by atoms with E-state index in [1.165, 1.54) is 19.3 Å². The molecule has 0 aromatic heterocycles. The molecule has 0 rings (SSSR count). The molecule has 0 spiro atoms. The maximum Gasteiger partial charge on any atom is 0.0459 e. The first kappa shape index (κ1) is 16.4. The lowest BCUT2D eigenvalue weighted by molar-refractivity contribution is 0.162. The summed E-state index contributed by atoms with van der Waals surface area (Å²) in [7, 11) is 0. The van der Waals surface area contributed by atoms with Gasteiger partial charge in [-0.1, -0.05) is 33.1 Å². The fourth-order valence-corrected chi connectivity index (χ4v) is 1.12. The van der Waals surface area contributed by atoms with Crippen LogP contribution in [0.25, 0.3) is 0 Å². The molecule has 1 unspecified atom stereocenters. The van der Waals surface area contributed by atoms with Crippen molar-refractivity contribution in [2.75, 3.05) is 19.8 Å². The zero-order chi connectivity index (χ0) is 11.2. The van der Waals surface area contributed by atoms with Crippen LogP contribution in [-0.4, -0.2) is 24.9 Å². The van der Waals surface area contributed by atoms with Crippen LogP contribution in [0.3, 0.4) is 0 Å². The van der Waals surface area contributed by atoms with Gasteiger partial charge in [-0.15, -0.1) is 0 Å². The van der Waals surface area contributed by atoms with Crippen LogP contribution in [-0.2, 0) is 4.74 Å². The largest absolute Gasteiger partial charge is 0.396 e. The molecule has 0 radical (unpaired) electrons. The van der Waals surface area contributed by atoms with E-state index in [4.69, 9.17) is 9.84 Å². The number of unbranched alkanes of at least 4 members (excludes halogenated alkanes) is 1. The Bertz CT molecular complexity index is 78.4. The van der Waals surface area contributed by atoms with Gasteiger partial charge in [0.05, 0.1) is 0 Å². The third-order valence-electron chi connectivity index (χ3n) is 2.21. The molecule has 0 heterocycles. The fraction of sp³-hybridized carbons (Fsp3) is 1.00. The quantitative estimate of drug-likeness (QED) is 0.690. The summed E-state index contributed by atoms with van der Waals surface area (Å²) in [4.78, 5) is 0. The standard InChI is InChI=1S/C8H18O.C4H10O/c1-3-5-6-8(4-2)7-9;1-3-5-4-2/h8-9H,3-7H2,1-2H3;3-4H2,1-2H3. The highest BCUT2D eigenvalue weighted by Gasteiger charge is 2.01. The maximum atomic E-state index is 8.75. The summed E-state index contributed by atoms with van der Waals surface area (Å²) in [6.45, 7) is 10.4. The van der Waals surface area contributed by atoms with Crippen LogP contribution in [0.15, 0.2) is 0 Å². The zero-order valence-corrected chi connectivity index (χ0v) is 10.4. The minimum absolute atomic E-state index is 0.372. The van der Waals surface area contributed by atoms with Crippen molar-refractivity contribution in [3.05, 3.63) is 0 Å². The molecule has 0 aromatic carbocycles. The van der Waals surface area contributed by atoms with E-state index < -0.39 is 0 Å². The molecule has 0 bridgehead atoms. The van der Waals surface area contributed by atoms with Gasteiger partial charge < -0.3 is 9.84 Å². The third-order valence-corrected chi connectivity index (χ3v) is 2.21. The Kier molecular flexibility index (Phi) is 18.0. The van der Waals surface area contributed by atoms with Crippen molar-refractivity contribution in [2.24, 2.45) is 5.92 Å². The Morgan fingerprint density at radius 1 is 1.07 bits per heavy atom. The summed E-state index contributed by atoms with van der Waals surface area (Å²) in [5.74, 6) is 0.560. The van der Waals surface area contributed by atoms with Gasteiger partial charge in [0, 0.05) is 19.8 Å². The van der Waals surface area contributed by atoms with Crippen molar-refractivity contribution in [3.8, 4) is 0 Å². The van der Waals surface area contributed by atoms with Crippen LogP contribution in [0.4, 0.5) is 0 Å². The molecule has 1 atom stereocenters. The predicted octanol–water partition coefficient (Wildman–Crippen LogP) is 3.24. The highest BCUT2D eigenvalue weighted by molar-refractivity contribution is 4.53. The normalized spacial score (nSPS) is 11.8. The van der Waals surface area contributed by atoms with Crippen LogP contribution >= 0.6 is 0 Å². The van der Waals surface area contributed by atoms with Crippen molar-refractivity contribution in [1.29, 1.82) is 0 Å². The second kappa shape index (κ2) is 15.4. The lowest BCUT2D eigenvalue weighted by Gasteiger charge is -2.08. The van der Waals surface area contributed by atoms with Crippen molar-refractivity contribution in [3.63, 3.8) is 0 Å². The van der Waals surface area contributed by atoms with Gasteiger partial charge in [-0.2, -0.15) is 0 Å². The van der Waals surface area contributed by atoms with Crippen LogP contribution < -0.4 is 0 Å². The highest BCUT2D eigenvalue weighted by Crippen LogP contribution is 2.10. The first-order valence-electron chi connectivity index (χ1n) is 5.95. The fourth-order valence-electron chi connectivity index (χ4n) is 1.12. The summed E-state index contributed by atoms with van der Waals surface area (Å²) in [5, 5.41) is 8.75. The molecule has 2 nitrogen and oxygen atoms in total. The SMILES string of the molecule is CCCCC(CC)CO.CCOCC. The highest BCUT2D eigenvalue weighted by atomic mass is 16.5. The summed E-state index contributed by atoms with van der Waals surface area (Å²) in [5.41, 5.74) is 0. The number of rotatable bonds is 7. The van der Waals surface area contributed by atoms with Gasteiger partial charge in [0.25, 0.3) is 0 Å². The van der Waals surface area contributed by atoms with E-state index in [1.807, 2.05) is 13.8 Å². The van der Waals surface area contributed by atoms with E-state index >= 15 is 0 Å². The molecule has 0 aliphatic carbocycles. The predicted molar refractivity (Wildman–Crippen MR) is 62.6 cm³/mol. The second-order valence-electron chi connectivity index (χ2n) is 3.38. The van der Waals surface area contributed by atoms with Gasteiger partial charge in [0.2, 0.25) is 0 Å². The monoisotopic (exact) mass is 204 g/mol. The summed E-state index contributed by atoms with van der Waals surface area (Å²) in [6, 6.07) is 0. The second-order valence-corrected chi connectivity index (χ2v) is 3.38. The summed E-state index contributed by atoms with van der Waals surface area (Å²) >= 11 is 0. The average Bonchev–Trinajstić information content (AvgIpc) is 2.22. The Morgan fingerprint density at radius 2 is 1.64 bits per heavy atom. The molecule has 88 valence electrons. The van der Waals surface area contributed by atoms with Gasteiger partial charge in [0.1, 0.15) is 0 Å². The van der Waals surface area contributed by atoms with E-state index in [0.29, 0.717) is 12.5 Å². The first-order chi connectivity index (χ1) is 6.76. The van der Waals surface area contributed by atoms with E-state index in [-0.39, 0.29) is 0 Å². The zero-order valence-electron chi connectivity index (χ0n) is 10.4. The van der Waals surface area contributed by atoms with Gasteiger partial charge in [-0.05, 0) is 26.2 Å². The summed E-state index contributed by atoms with van der Waals surface area (Å²) in [6.07, 6.45) is 4.83. The smallest absolute Gasteiger partial charge is 0.0459 e. The molecule has 0 saturated carbocycles. The maximum absolute atomic E-state index is 8.75. The van der Waals surface area contributed by atoms with E-state index in [1.54, 1.807) is 0 Å². The molecule has 0 aliphatic rings. The Hall–Kier alpha value is -0.0800. The average molecular weight is 204 g/mol. The lowest BCUT2D eigenvalue weighted by atomic mass is 10.0. The number of hydrogen-bond acceptors (Lipinski definition) is 2. The van der Waals surface area contributed by atoms with Gasteiger partial charge in [-0.25, -0.2) is 0 Å². The lowest BCUT2D eigenvalue weighted by Crippen LogP contribution is -2.03. The molecule has 2 heteroatoms. The van der Waals surface area contributed by atoms with Gasteiger partial charge in [-0.3, -0.25) is 0 Å². The van der Waals surface area contributed by atoms with E-state index in [9.17, 15) is 0 Å². The Balaban J connectivity index is 0. The molecule has 14 heavy (non-hydrogen) atoms. The number of ether oxygens (including phenoxy) is 1. The van der Waals surface area contributed by atoms with Crippen molar-refractivity contribution in [2.45, 2.75) is 53.4 Å². The van der Waals surface area contributed by atoms with Gasteiger partial charge >= 0.3 is 0 Å². The third kappa shape index (κ3) is 14.4. The van der Waals surface area contributed by atoms with Gasteiger partial charge in [0.15, 0.2) is 0 Å². The molecule has 0 amide bonds.